The molecule has 2 aromatic rings. The number of aromatic nitrogens is 2. The van der Waals surface area contributed by atoms with Crippen LogP contribution in [0.5, 0.6) is 0 Å². The van der Waals surface area contributed by atoms with E-state index in [1.807, 2.05) is 48.9 Å². The molecule has 0 bridgehead atoms. The van der Waals surface area contributed by atoms with Crippen LogP contribution in [-0.4, -0.2) is 34.8 Å². The SMILES string of the molecule is Cc1nn(-c2ccccc2)c(C)c1CC(=O)NCCNC1CCCCCC1.Cl. The molecular weight excluding hydrogens is 372 g/mol. The first kappa shape index (κ1) is 22.4. The minimum absolute atomic E-state index is 0. The van der Waals surface area contributed by atoms with Crippen molar-refractivity contribution in [1.29, 1.82) is 0 Å². The van der Waals surface area contributed by atoms with Gasteiger partial charge in [0.2, 0.25) is 5.91 Å². The number of para-hydroxylation sites is 1. The minimum Gasteiger partial charge on any atom is -0.355 e. The zero-order valence-electron chi connectivity index (χ0n) is 17.0. The highest BCUT2D eigenvalue weighted by Gasteiger charge is 2.16. The lowest BCUT2D eigenvalue weighted by Crippen LogP contribution is -2.37. The zero-order valence-corrected chi connectivity index (χ0v) is 17.9. The summed E-state index contributed by atoms with van der Waals surface area (Å²) in [5.41, 5.74) is 4.00. The molecule has 6 heteroatoms. The molecule has 2 N–H and O–H groups in total. The summed E-state index contributed by atoms with van der Waals surface area (Å²) in [6.07, 6.45) is 8.31. The lowest BCUT2D eigenvalue weighted by Gasteiger charge is -2.16. The Morgan fingerprint density at radius 2 is 1.75 bits per heavy atom. The molecule has 0 aliphatic heterocycles. The zero-order chi connectivity index (χ0) is 19.1. The average molecular weight is 405 g/mol. The number of nitrogens with one attached hydrogen (secondary N) is 2. The summed E-state index contributed by atoms with van der Waals surface area (Å²) in [4.78, 5) is 12.4. The molecule has 1 aliphatic rings. The van der Waals surface area contributed by atoms with E-state index in [1.165, 1.54) is 38.5 Å². The maximum Gasteiger partial charge on any atom is 0.224 e. The van der Waals surface area contributed by atoms with Crippen LogP contribution in [0.15, 0.2) is 30.3 Å². The van der Waals surface area contributed by atoms with Gasteiger partial charge in [-0.1, -0.05) is 43.9 Å². The second-order valence-electron chi connectivity index (χ2n) is 7.57. The van der Waals surface area contributed by atoms with Crippen LogP contribution in [0.3, 0.4) is 0 Å². The molecular formula is C22H33ClN4O. The monoisotopic (exact) mass is 404 g/mol. The van der Waals surface area contributed by atoms with Crippen LogP contribution >= 0.6 is 12.4 Å². The Morgan fingerprint density at radius 1 is 1.07 bits per heavy atom. The van der Waals surface area contributed by atoms with Gasteiger partial charge in [0.05, 0.1) is 17.8 Å². The third kappa shape index (κ3) is 6.08. The van der Waals surface area contributed by atoms with Gasteiger partial charge < -0.3 is 10.6 Å². The Balaban J connectivity index is 0.00000280. The molecule has 1 aromatic heterocycles. The molecule has 5 nitrogen and oxygen atoms in total. The van der Waals surface area contributed by atoms with Gasteiger partial charge in [-0.25, -0.2) is 4.68 Å². The number of hydrogen-bond donors (Lipinski definition) is 2. The normalized spacial score (nSPS) is 14.9. The third-order valence-electron chi connectivity index (χ3n) is 5.51. The van der Waals surface area contributed by atoms with Crippen molar-refractivity contribution in [3.05, 3.63) is 47.3 Å². The van der Waals surface area contributed by atoms with Gasteiger partial charge in [0.1, 0.15) is 0 Å². The van der Waals surface area contributed by atoms with E-state index in [0.29, 0.717) is 19.0 Å². The maximum atomic E-state index is 12.4. The summed E-state index contributed by atoms with van der Waals surface area (Å²) in [6, 6.07) is 10.7. The summed E-state index contributed by atoms with van der Waals surface area (Å²) < 4.78 is 1.92. The second kappa shape index (κ2) is 11.2. The molecule has 0 spiro atoms. The summed E-state index contributed by atoms with van der Waals surface area (Å²) in [7, 11) is 0. The van der Waals surface area contributed by atoms with Gasteiger partial charge >= 0.3 is 0 Å². The molecule has 1 fully saturated rings. The fraction of sp³-hybridized carbons (Fsp3) is 0.545. The molecule has 28 heavy (non-hydrogen) atoms. The highest BCUT2D eigenvalue weighted by molar-refractivity contribution is 5.85. The molecule has 3 rings (SSSR count). The van der Waals surface area contributed by atoms with E-state index in [9.17, 15) is 4.79 Å². The summed E-state index contributed by atoms with van der Waals surface area (Å²) in [5, 5.41) is 11.3. The van der Waals surface area contributed by atoms with Crippen LogP contribution in [0.25, 0.3) is 5.69 Å². The third-order valence-corrected chi connectivity index (χ3v) is 5.51. The number of hydrogen-bond acceptors (Lipinski definition) is 3. The van der Waals surface area contributed by atoms with E-state index >= 15 is 0 Å². The Kier molecular flexibility index (Phi) is 9.00. The number of carbonyl (C=O) groups is 1. The van der Waals surface area contributed by atoms with Crippen LogP contribution in [0, 0.1) is 13.8 Å². The molecule has 1 saturated carbocycles. The van der Waals surface area contributed by atoms with Gasteiger partial charge in [-0.2, -0.15) is 5.10 Å². The predicted octanol–water partition coefficient (Wildman–Crippen LogP) is 3.88. The van der Waals surface area contributed by atoms with Gasteiger partial charge in [0, 0.05) is 30.4 Å². The van der Waals surface area contributed by atoms with E-state index in [-0.39, 0.29) is 18.3 Å². The number of benzene rings is 1. The lowest BCUT2D eigenvalue weighted by molar-refractivity contribution is -0.120. The molecule has 1 amide bonds. The van der Waals surface area contributed by atoms with Crippen molar-refractivity contribution in [3.63, 3.8) is 0 Å². The molecule has 0 radical (unpaired) electrons. The van der Waals surface area contributed by atoms with E-state index in [2.05, 4.69) is 15.7 Å². The summed E-state index contributed by atoms with van der Waals surface area (Å²) in [5.74, 6) is 0.0662. The van der Waals surface area contributed by atoms with Crippen LogP contribution in [0.2, 0.25) is 0 Å². The van der Waals surface area contributed by atoms with Crippen molar-refractivity contribution in [2.24, 2.45) is 0 Å². The first-order valence-electron chi connectivity index (χ1n) is 10.3. The minimum atomic E-state index is 0. The van der Waals surface area contributed by atoms with Gasteiger partial charge in [-0.05, 0) is 38.8 Å². The number of aryl methyl sites for hydroxylation is 1. The summed E-state index contributed by atoms with van der Waals surface area (Å²) >= 11 is 0. The Hall–Kier alpha value is -1.85. The predicted molar refractivity (Wildman–Crippen MR) is 116 cm³/mol. The van der Waals surface area contributed by atoms with Crippen molar-refractivity contribution >= 4 is 18.3 Å². The Bertz CT molecular complexity index is 736. The van der Waals surface area contributed by atoms with Gasteiger partial charge in [-0.15, -0.1) is 12.4 Å². The first-order chi connectivity index (χ1) is 13.1. The van der Waals surface area contributed by atoms with Crippen molar-refractivity contribution in [3.8, 4) is 5.69 Å². The first-order valence-corrected chi connectivity index (χ1v) is 10.3. The average Bonchev–Trinajstić information content (AvgIpc) is 2.86. The molecule has 1 aromatic carbocycles. The molecule has 0 saturated heterocycles. The Morgan fingerprint density at radius 3 is 2.43 bits per heavy atom. The number of carbonyl (C=O) groups excluding carboxylic acids is 1. The van der Waals surface area contributed by atoms with Crippen molar-refractivity contribution in [1.82, 2.24) is 20.4 Å². The molecule has 1 aliphatic carbocycles. The number of rotatable bonds is 7. The highest BCUT2D eigenvalue weighted by Crippen LogP contribution is 2.18. The van der Waals surface area contributed by atoms with Crippen LogP contribution in [0.4, 0.5) is 0 Å². The van der Waals surface area contributed by atoms with Gasteiger partial charge in [0.25, 0.3) is 0 Å². The molecule has 154 valence electrons. The van der Waals surface area contributed by atoms with Crippen molar-refractivity contribution in [2.75, 3.05) is 13.1 Å². The fourth-order valence-electron chi connectivity index (χ4n) is 3.94. The van der Waals surface area contributed by atoms with E-state index in [1.54, 1.807) is 0 Å². The molecule has 0 atom stereocenters. The standard InChI is InChI=1S/C22H32N4O.ClH/c1-17-21(18(2)26(25-17)20-12-8-5-9-13-20)16-22(27)24-15-14-23-19-10-6-3-4-7-11-19;/h5,8-9,12-13,19,23H,3-4,6-7,10-11,14-16H2,1-2H3,(H,24,27);1H. The smallest absolute Gasteiger partial charge is 0.224 e. The van der Waals surface area contributed by atoms with E-state index in [0.717, 1.165) is 29.2 Å². The lowest BCUT2D eigenvalue weighted by atomic mass is 10.1. The quantitative estimate of drug-likeness (QED) is 0.543. The maximum absolute atomic E-state index is 12.4. The van der Waals surface area contributed by atoms with Crippen LogP contribution in [-0.2, 0) is 11.2 Å². The van der Waals surface area contributed by atoms with Gasteiger partial charge in [0.15, 0.2) is 0 Å². The topological polar surface area (TPSA) is 59.0 Å². The number of amides is 1. The number of nitrogens with zero attached hydrogens (tertiary/aromatic N) is 2. The largest absolute Gasteiger partial charge is 0.355 e. The summed E-state index contributed by atoms with van der Waals surface area (Å²) in [6.45, 7) is 5.53. The van der Waals surface area contributed by atoms with Crippen molar-refractivity contribution < 1.29 is 4.79 Å². The van der Waals surface area contributed by atoms with E-state index < -0.39 is 0 Å². The number of halogens is 1. The molecule has 1 heterocycles. The highest BCUT2D eigenvalue weighted by atomic mass is 35.5. The fourth-order valence-corrected chi connectivity index (χ4v) is 3.94. The van der Waals surface area contributed by atoms with E-state index in [4.69, 9.17) is 0 Å². The van der Waals surface area contributed by atoms with Crippen molar-refractivity contribution in [2.45, 2.75) is 64.8 Å². The molecule has 0 unspecified atom stereocenters. The Labute approximate surface area is 174 Å². The van der Waals surface area contributed by atoms with Crippen LogP contribution < -0.4 is 10.6 Å². The second-order valence-corrected chi connectivity index (χ2v) is 7.57. The van der Waals surface area contributed by atoms with Gasteiger partial charge in [-0.3, -0.25) is 4.79 Å². The van der Waals surface area contributed by atoms with Crippen LogP contribution in [0.1, 0.15) is 55.5 Å².